The summed E-state index contributed by atoms with van der Waals surface area (Å²) in [4.78, 5) is 38.7. The molecule has 1 aliphatic rings. The smallest absolute Gasteiger partial charge is 0.335 e. The van der Waals surface area contributed by atoms with Gasteiger partial charge in [0.1, 0.15) is 11.3 Å². The molecule has 0 bridgehead atoms. The molecule has 3 aromatic rings. The molecule has 0 radical (unpaired) electrons. The predicted octanol–water partition coefficient (Wildman–Crippen LogP) is 4.61. The molecule has 1 fully saturated rings. The third kappa shape index (κ3) is 4.59. The van der Waals surface area contributed by atoms with Crippen LogP contribution < -0.4 is 10.2 Å². The van der Waals surface area contributed by atoms with Crippen LogP contribution in [0, 0.1) is 0 Å². The molecule has 160 valence electrons. The number of carboxylic acids is 1. The van der Waals surface area contributed by atoms with Gasteiger partial charge < -0.3 is 9.52 Å². The maximum atomic E-state index is 13.1. The van der Waals surface area contributed by atoms with Crippen LogP contribution in [0.3, 0.4) is 0 Å². The van der Waals surface area contributed by atoms with Crippen LogP contribution in [0.4, 0.5) is 5.69 Å². The highest BCUT2D eigenvalue weighted by Crippen LogP contribution is 2.31. The zero-order valence-corrected chi connectivity index (χ0v) is 18.5. The monoisotopic (exact) mass is 484 g/mol. The number of aromatic carboxylic acids is 1. The van der Waals surface area contributed by atoms with Gasteiger partial charge >= 0.3 is 5.97 Å². The number of amides is 2. The molecule has 2 amide bonds. The van der Waals surface area contributed by atoms with Crippen molar-refractivity contribution in [1.29, 1.82) is 0 Å². The second-order valence-corrected chi connectivity index (χ2v) is 8.43. The highest BCUT2D eigenvalue weighted by atomic mass is 35.5. The molecular weight excluding hydrogens is 472 g/mol. The number of hydrogen-bond acceptors (Lipinski definition) is 6. The second kappa shape index (κ2) is 8.99. The van der Waals surface area contributed by atoms with Crippen molar-refractivity contribution in [2.24, 2.45) is 0 Å². The van der Waals surface area contributed by atoms with E-state index in [1.54, 1.807) is 24.3 Å². The number of thiocarbonyl (C=S) groups is 1. The number of nitrogens with zero attached hydrogens (tertiary/aromatic N) is 1. The first-order valence-electron chi connectivity index (χ1n) is 9.10. The summed E-state index contributed by atoms with van der Waals surface area (Å²) in [5.74, 6) is -2.21. The average molecular weight is 485 g/mol. The van der Waals surface area contributed by atoms with E-state index >= 15 is 0 Å². The van der Waals surface area contributed by atoms with E-state index in [1.807, 2.05) is 12.1 Å². The quantitative estimate of drug-likeness (QED) is 0.310. The molecule has 1 aromatic heterocycles. The van der Waals surface area contributed by atoms with Gasteiger partial charge in [0, 0.05) is 9.92 Å². The minimum atomic E-state index is -1.15. The lowest BCUT2D eigenvalue weighted by Gasteiger charge is -2.28. The van der Waals surface area contributed by atoms with Crippen molar-refractivity contribution in [3.8, 4) is 0 Å². The standard InChI is InChI=1S/C22H13ClN2O5S2/c23-13-4-7-16(8-5-13)32-18-9-6-15(30-18)11-17-19(26)24-22(31)25(20(17)27)14-3-1-2-12(10-14)21(28)29/h1-11H,(H,28,29)(H,24,26,31). The highest BCUT2D eigenvalue weighted by molar-refractivity contribution is 7.99. The summed E-state index contributed by atoms with van der Waals surface area (Å²) in [6.45, 7) is 0. The van der Waals surface area contributed by atoms with Crippen LogP contribution in [0.2, 0.25) is 5.02 Å². The SMILES string of the molecule is O=C1NC(=S)N(c2cccc(C(=O)O)c2)C(=O)C1=Cc1ccc(Sc2ccc(Cl)cc2)o1. The van der Waals surface area contributed by atoms with Gasteiger partial charge in [-0.2, -0.15) is 0 Å². The van der Waals surface area contributed by atoms with E-state index in [1.165, 1.54) is 42.1 Å². The van der Waals surface area contributed by atoms with Gasteiger partial charge in [0.15, 0.2) is 10.2 Å². The summed E-state index contributed by atoms with van der Waals surface area (Å²) < 4.78 is 5.73. The lowest BCUT2D eigenvalue weighted by molar-refractivity contribution is -0.122. The Bertz CT molecular complexity index is 1280. The van der Waals surface area contributed by atoms with Crippen LogP contribution in [0.5, 0.6) is 0 Å². The van der Waals surface area contributed by atoms with Crippen molar-refractivity contribution >= 4 is 70.2 Å². The minimum Gasteiger partial charge on any atom is -0.478 e. The molecule has 10 heteroatoms. The van der Waals surface area contributed by atoms with Crippen LogP contribution in [-0.2, 0) is 9.59 Å². The van der Waals surface area contributed by atoms with Crippen LogP contribution in [-0.4, -0.2) is 28.0 Å². The van der Waals surface area contributed by atoms with Crippen molar-refractivity contribution < 1.29 is 23.9 Å². The largest absolute Gasteiger partial charge is 0.478 e. The molecule has 32 heavy (non-hydrogen) atoms. The van der Waals surface area contributed by atoms with E-state index in [2.05, 4.69) is 5.32 Å². The number of benzene rings is 2. The molecule has 2 N–H and O–H groups in total. The molecule has 1 saturated heterocycles. The molecule has 4 rings (SSSR count). The molecule has 0 unspecified atom stereocenters. The van der Waals surface area contributed by atoms with E-state index in [0.717, 1.165) is 9.80 Å². The summed E-state index contributed by atoms with van der Waals surface area (Å²) in [5, 5.41) is 12.7. The summed E-state index contributed by atoms with van der Waals surface area (Å²) in [5.41, 5.74) is 0.0105. The Morgan fingerprint density at radius 3 is 2.59 bits per heavy atom. The van der Waals surface area contributed by atoms with E-state index in [4.69, 9.17) is 28.2 Å². The third-order valence-corrected chi connectivity index (χ3v) is 5.84. The van der Waals surface area contributed by atoms with Crippen molar-refractivity contribution in [2.45, 2.75) is 9.99 Å². The lowest BCUT2D eigenvalue weighted by atomic mass is 10.1. The van der Waals surface area contributed by atoms with Crippen molar-refractivity contribution in [3.63, 3.8) is 0 Å². The van der Waals surface area contributed by atoms with Crippen LogP contribution in [0.1, 0.15) is 16.1 Å². The second-order valence-electron chi connectivity index (χ2n) is 6.53. The lowest BCUT2D eigenvalue weighted by Crippen LogP contribution is -2.54. The first-order chi connectivity index (χ1) is 15.3. The fourth-order valence-electron chi connectivity index (χ4n) is 2.90. The van der Waals surface area contributed by atoms with Gasteiger partial charge in [-0.05, 0) is 72.9 Å². The zero-order valence-electron chi connectivity index (χ0n) is 16.1. The summed E-state index contributed by atoms with van der Waals surface area (Å²) in [6.07, 6.45) is 1.32. The van der Waals surface area contributed by atoms with E-state index in [9.17, 15) is 19.5 Å². The molecule has 1 aliphatic heterocycles. The number of halogens is 1. The van der Waals surface area contributed by atoms with Gasteiger partial charge in [-0.1, -0.05) is 29.4 Å². The Balaban J connectivity index is 1.61. The predicted molar refractivity (Wildman–Crippen MR) is 124 cm³/mol. The number of carbonyl (C=O) groups excluding carboxylic acids is 2. The number of hydrogen-bond donors (Lipinski definition) is 2. The first kappa shape index (κ1) is 21.8. The van der Waals surface area contributed by atoms with Crippen LogP contribution in [0.15, 0.2) is 80.6 Å². The van der Waals surface area contributed by atoms with Gasteiger partial charge in [0.25, 0.3) is 11.8 Å². The number of anilines is 1. The fourth-order valence-corrected chi connectivity index (χ4v) is 4.08. The molecular formula is C22H13ClN2O5S2. The molecule has 2 aromatic carbocycles. The molecule has 7 nitrogen and oxygen atoms in total. The van der Waals surface area contributed by atoms with Crippen molar-refractivity contribution in [1.82, 2.24) is 5.32 Å². The number of rotatable bonds is 5. The summed E-state index contributed by atoms with van der Waals surface area (Å²) >= 11 is 12.4. The van der Waals surface area contributed by atoms with Crippen molar-refractivity contribution in [2.75, 3.05) is 4.90 Å². The first-order valence-corrected chi connectivity index (χ1v) is 10.7. The van der Waals surface area contributed by atoms with Crippen LogP contribution in [0.25, 0.3) is 6.08 Å². The van der Waals surface area contributed by atoms with Gasteiger partial charge in [-0.3, -0.25) is 19.8 Å². The van der Waals surface area contributed by atoms with E-state index in [-0.39, 0.29) is 21.9 Å². The molecule has 2 heterocycles. The Morgan fingerprint density at radius 2 is 1.88 bits per heavy atom. The Labute approximate surface area is 196 Å². The van der Waals surface area contributed by atoms with Gasteiger partial charge in [0.05, 0.1) is 11.3 Å². The van der Waals surface area contributed by atoms with Crippen LogP contribution >= 0.6 is 35.6 Å². The maximum Gasteiger partial charge on any atom is 0.335 e. The average Bonchev–Trinajstić information content (AvgIpc) is 3.20. The maximum absolute atomic E-state index is 13.1. The highest BCUT2D eigenvalue weighted by Gasteiger charge is 2.35. The Kier molecular flexibility index (Phi) is 6.13. The van der Waals surface area contributed by atoms with E-state index < -0.39 is 17.8 Å². The molecule has 0 saturated carbocycles. The number of nitrogens with one attached hydrogen (secondary N) is 1. The Morgan fingerprint density at radius 1 is 1.12 bits per heavy atom. The number of carbonyl (C=O) groups is 3. The number of furan rings is 1. The summed E-state index contributed by atoms with van der Waals surface area (Å²) in [6, 6.07) is 16.3. The van der Waals surface area contributed by atoms with Gasteiger partial charge in [-0.15, -0.1) is 0 Å². The van der Waals surface area contributed by atoms with Gasteiger partial charge in [-0.25, -0.2) is 4.79 Å². The fraction of sp³-hybridized carbons (Fsp3) is 0. The van der Waals surface area contributed by atoms with Crippen molar-refractivity contribution in [3.05, 3.63) is 82.6 Å². The molecule has 0 atom stereocenters. The minimum absolute atomic E-state index is 0.0181. The Hall–Kier alpha value is -3.40. The topological polar surface area (TPSA) is 99.9 Å². The normalized spacial score (nSPS) is 15.2. The third-order valence-electron chi connectivity index (χ3n) is 4.37. The summed E-state index contributed by atoms with van der Waals surface area (Å²) in [7, 11) is 0. The van der Waals surface area contributed by atoms with Gasteiger partial charge in [0.2, 0.25) is 0 Å². The molecule has 0 aliphatic carbocycles. The number of carboxylic acid groups (broad SMARTS) is 1. The molecule has 0 spiro atoms. The zero-order chi connectivity index (χ0) is 22.8. The van der Waals surface area contributed by atoms with E-state index in [0.29, 0.717) is 15.9 Å².